The molecule has 6 rings (SSSR count). The summed E-state index contributed by atoms with van der Waals surface area (Å²) in [5.74, 6) is -0.122. The van der Waals surface area contributed by atoms with Crippen LogP contribution >= 0.6 is 0 Å². The Labute approximate surface area is 203 Å². The molecule has 7 heteroatoms. The van der Waals surface area contributed by atoms with Gasteiger partial charge in [-0.3, -0.25) is 9.59 Å². The molecule has 35 heavy (non-hydrogen) atoms. The zero-order chi connectivity index (χ0) is 24.3. The summed E-state index contributed by atoms with van der Waals surface area (Å²) in [6.07, 6.45) is 2.31. The lowest BCUT2D eigenvalue weighted by Crippen LogP contribution is -2.40. The van der Waals surface area contributed by atoms with Crippen molar-refractivity contribution in [3.8, 4) is 11.4 Å². The van der Waals surface area contributed by atoms with Crippen LogP contribution in [0.5, 0.6) is 5.75 Å². The smallest absolute Gasteiger partial charge is 0.265 e. The van der Waals surface area contributed by atoms with E-state index in [1.807, 2.05) is 56.3 Å². The van der Waals surface area contributed by atoms with Crippen LogP contribution < -0.4 is 14.5 Å². The van der Waals surface area contributed by atoms with Crippen LogP contribution in [-0.2, 0) is 0 Å². The Bertz CT molecular complexity index is 1490. The highest BCUT2D eigenvalue weighted by Crippen LogP contribution is 2.39. The Hall–Kier alpha value is -4.13. The number of carbonyl (C=O) groups is 2. The predicted molar refractivity (Wildman–Crippen MR) is 136 cm³/mol. The zero-order valence-electron chi connectivity index (χ0n) is 20.0. The van der Waals surface area contributed by atoms with Crippen molar-refractivity contribution in [1.29, 1.82) is 0 Å². The van der Waals surface area contributed by atoms with Crippen LogP contribution in [0, 0.1) is 13.8 Å². The summed E-state index contributed by atoms with van der Waals surface area (Å²) in [5, 5.41) is 6.25. The van der Waals surface area contributed by atoms with E-state index in [1.54, 1.807) is 23.9 Å². The van der Waals surface area contributed by atoms with Gasteiger partial charge in [-0.15, -0.1) is 0 Å². The number of methoxy groups -OCH3 is 1. The maximum Gasteiger partial charge on any atom is 0.265 e. The van der Waals surface area contributed by atoms with E-state index in [1.165, 1.54) is 4.90 Å². The largest absolute Gasteiger partial charge is 0.494 e. The van der Waals surface area contributed by atoms with Crippen molar-refractivity contribution < 1.29 is 14.3 Å². The molecule has 0 spiro atoms. The molecule has 0 radical (unpaired) electrons. The Balaban J connectivity index is 1.46. The summed E-state index contributed by atoms with van der Waals surface area (Å²) < 4.78 is 7.45. The Morgan fingerprint density at radius 2 is 1.57 bits per heavy atom. The zero-order valence-corrected chi connectivity index (χ0v) is 20.0. The van der Waals surface area contributed by atoms with Crippen LogP contribution in [0.3, 0.4) is 0 Å². The molecule has 1 fully saturated rings. The molecule has 0 aliphatic carbocycles. The number of ether oxygens (including phenoxy) is 1. The fraction of sp³-hybridized carbons (Fsp3) is 0.250. The van der Waals surface area contributed by atoms with Crippen molar-refractivity contribution in [2.24, 2.45) is 0 Å². The van der Waals surface area contributed by atoms with Gasteiger partial charge in [0.05, 0.1) is 18.5 Å². The molecular formula is C28H26N4O3. The third kappa shape index (κ3) is 3.22. The summed E-state index contributed by atoms with van der Waals surface area (Å²) >= 11 is 0. The molecular weight excluding hydrogens is 440 g/mol. The minimum absolute atomic E-state index is 0.326. The van der Waals surface area contributed by atoms with Gasteiger partial charge in [0.2, 0.25) is 0 Å². The number of benzene rings is 3. The molecule has 2 aliphatic rings. The quantitative estimate of drug-likeness (QED) is 0.394. The molecule has 0 unspecified atom stereocenters. The van der Waals surface area contributed by atoms with Gasteiger partial charge in [0.15, 0.2) is 0 Å². The fourth-order valence-electron chi connectivity index (χ4n) is 5.40. The number of nitrogens with zero attached hydrogens (tertiary/aromatic N) is 4. The number of hydrogen-bond acceptors (Lipinski definition) is 5. The summed E-state index contributed by atoms with van der Waals surface area (Å²) in [7, 11) is 1.57. The molecule has 0 bridgehead atoms. The summed E-state index contributed by atoms with van der Waals surface area (Å²) in [6.45, 7) is 5.89. The van der Waals surface area contributed by atoms with Crippen molar-refractivity contribution in [2.75, 3.05) is 30.0 Å². The number of rotatable bonds is 4. The standard InChI is InChI=1S/C28H26N4O3/c1-17-15-18(2)32(29-17)24-11-9-19(16-25(24)35-3)31-27(33)21-8-6-7-20-23(30-13-4-5-14-30)12-10-22(26(20)21)28(31)34/h6-12,15-16H,4-5,13-14H2,1-3H3. The van der Waals surface area contributed by atoms with Crippen molar-refractivity contribution in [3.63, 3.8) is 0 Å². The fourth-order valence-corrected chi connectivity index (χ4v) is 5.40. The molecule has 1 aromatic heterocycles. The molecule has 0 atom stereocenters. The number of aryl methyl sites for hydroxylation is 2. The van der Waals surface area contributed by atoms with E-state index < -0.39 is 0 Å². The first-order valence-corrected chi connectivity index (χ1v) is 11.9. The van der Waals surface area contributed by atoms with Crippen LogP contribution in [0.15, 0.2) is 54.6 Å². The Morgan fingerprint density at radius 3 is 2.26 bits per heavy atom. The number of carbonyl (C=O) groups excluding carboxylic acids is 2. The van der Waals surface area contributed by atoms with Crippen molar-refractivity contribution in [3.05, 3.63) is 77.1 Å². The first-order chi connectivity index (χ1) is 17.0. The van der Waals surface area contributed by atoms with Gasteiger partial charge in [-0.25, -0.2) is 9.58 Å². The van der Waals surface area contributed by atoms with E-state index in [4.69, 9.17) is 4.74 Å². The lowest BCUT2D eigenvalue weighted by atomic mass is 9.92. The summed E-state index contributed by atoms with van der Waals surface area (Å²) in [6, 6.07) is 16.9. The topological polar surface area (TPSA) is 67.7 Å². The molecule has 1 saturated heterocycles. The average Bonchev–Trinajstić information content (AvgIpc) is 3.51. The second-order valence-electron chi connectivity index (χ2n) is 9.20. The molecule has 176 valence electrons. The average molecular weight is 467 g/mol. The van der Waals surface area contributed by atoms with E-state index in [9.17, 15) is 9.59 Å². The molecule has 3 aromatic carbocycles. The van der Waals surface area contributed by atoms with Crippen molar-refractivity contribution in [1.82, 2.24) is 9.78 Å². The minimum Gasteiger partial charge on any atom is -0.494 e. The van der Waals surface area contributed by atoms with Crippen LogP contribution in [0.1, 0.15) is 44.9 Å². The van der Waals surface area contributed by atoms with Gasteiger partial charge < -0.3 is 9.64 Å². The van der Waals surface area contributed by atoms with E-state index in [0.29, 0.717) is 22.6 Å². The molecule has 0 N–H and O–H groups in total. The lowest BCUT2D eigenvalue weighted by molar-refractivity contribution is 0.0893. The number of imide groups is 1. The van der Waals surface area contributed by atoms with Crippen LogP contribution in [0.25, 0.3) is 16.5 Å². The van der Waals surface area contributed by atoms with E-state index in [0.717, 1.165) is 59.5 Å². The van der Waals surface area contributed by atoms with Crippen molar-refractivity contribution >= 4 is 34.0 Å². The van der Waals surface area contributed by atoms with Gasteiger partial charge in [-0.1, -0.05) is 12.1 Å². The minimum atomic E-state index is -0.326. The number of anilines is 2. The third-order valence-electron chi connectivity index (χ3n) is 6.99. The highest BCUT2D eigenvalue weighted by atomic mass is 16.5. The van der Waals surface area contributed by atoms with Gasteiger partial charge in [0, 0.05) is 52.4 Å². The van der Waals surface area contributed by atoms with Gasteiger partial charge >= 0.3 is 0 Å². The Morgan fingerprint density at radius 1 is 0.857 bits per heavy atom. The second-order valence-corrected chi connectivity index (χ2v) is 9.20. The molecule has 2 aliphatic heterocycles. The third-order valence-corrected chi connectivity index (χ3v) is 6.99. The van der Waals surface area contributed by atoms with E-state index >= 15 is 0 Å². The van der Waals surface area contributed by atoms with Crippen LogP contribution in [0.2, 0.25) is 0 Å². The first kappa shape index (κ1) is 21.4. The van der Waals surface area contributed by atoms with Crippen LogP contribution in [0.4, 0.5) is 11.4 Å². The van der Waals surface area contributed by atoms with Crippen molar-refractivity contribution in [2.45, 2.75) is 26.7 Å². The van der Waals surface area contributed by atoms with E-state index in [2.05, 4.69) is 10.00 Å². The Kier molecular flexibility index (Phi) is 4.88. The monoisotopic (exact) mass is 466 g/mol. The first-order valence-electron chi connectivity index (χ1n) is 11.9. The number of hydrogen-bond donors (Lipinski definition) is 0. The molecule has 7 nitrogen and oxygen atoms in total. The normalized spacial score (nSPS) is 15.4. The highest BCUT2D eigenvalue weighted by Gasteiger charge is 2.35. The maximum atomic E-state index is 13.7. The molecule has 3 heterocycles. The van der Waals surface area contributed by atoms with Gasteiger partial charge in [0.25, 0.3) is 11.8 Å². The number of amides is 2. The molecule has 0 saturated carbocycles. The summed E-state index contributed by atoms with van der Waals surface area (Å²) in [4.78, 5) is 31.0. The predicted octanol–water partition coefficient (Wildman–Crippen LogP) is 5.05. The number of aromatic nitrogens is 2. The van der Waals surface area contributed by atoms with E-state index in [-0.39, 0.29) is 11.8 Å². The van der Waals surface area contributed by atoms with Gasteiger partial charge in [-0.05, 0) is 63.1 Å². The molecule has 4 aromatic rings. The highest BCUT2D eigenvalue weighted by molar-refractivity contribution is 6.36. The van der Waals surface area contributed by atoms with Gasteiger partial charge in [0.1, 0.15) is 11.4 Å². The lowest BCUT2D eigenvalue weighted by Gasteiger charge is -2.29. The second kappa shape index (κ2) is 7.98. The molecule has 2 amide bonds. The van der Waals surface area contributed by atoms with Crippen LogP contribution in [-0.4, -0.2) is 41.8 Å². The SMILES string of the molecule is COc1cc(N2C(=O)c3cccc4c(N5CCCC5)ccc(c34)C2=O)ccc1-n1nc(C)cc1C. The van der Waals surface area contributed by atoms with Gasteiger partial charge in [-0.2, -0.15) is 5.10 Å². The maximum absolute atomic E-state index is 13.7. The summed E-state index contributed by atoms with van der Waals surface area (Å²) in [5.41, 5.74) is 5.25.